The van der Waals surface area contributed by atoms with Crippen molar-refractivity contribution in [3.63, 3.8) is 0 Å². The molecule has 0 bridgehead atoms. The number of methoxy groups -OCH3 is 3. The second-order valence-corrected chi connectivity index (χ2v) is 8.96. The summed E-state index contributed by atoms with van der Waals surface area (Å²) in [5, 5.41) is 0. The number of ketones is 2. The van der Waals surface area contributed by atoms with E-state index in [-0.39, 0.29) is 11.6 Å². The lowest BCUT2D eigenvalue weighted by Gasteiger charge is -2.10. The van der Waals surface area contributed by atoms with Crippen molar-refractivity contribution in [2.24, 2.45) is 0 Å². The maximum absolute atomic E-state index is 12.4. The molecule has 0 spiro atoms. The smallest absolute Gasteiger partial charge is 0.193 e. The van der Waals surface area contributed by atoms with Crippen LogP contribution in [0.15, 0.2) is 103 Å². The lowest BCUT2D eigenvalue weighted by molar-refractivity contribution is 0.103. The summed E-state index contributed by atoms with van der Waals surface area (Å²) < 4.78 is 15.7. The van der Waals surface area contributed by atoms with Crippen LogP contribution in [0.2, 0.25) is 0 Å². The number of aryl methyl sites for hydroxylation is 2. The molecule has 0 atom stereocenters. The van der Waals surface area contributed by atoms with Gasteiger partial charge < -0.3 is 14.2 Å². The van der Waals surface area contributed by atoms with Gasteiger partial charge in [0.25, 0.3) is 0 Å². The van der Waals surface area contributed by atoms with Crippen molar-refractivity contribution < 1.29 is 23.8 Å². The second-order valence-electron chi connectivity index (χ2n) is 8.96. The molecular formula is C35H34O5. The highest BCUT2D eigenvalue weighted by Gasteiger charge is 2.15. The highest BCUT2D eigenvalue weighted by molar-refractivity contribution is 6.10. The summed E-state index contributed by atoms with van der Waals surface area (Å²) in [7, 11) is 4.64. The van der Waals surface area contributed by atoms with Gasteiger partial charge in [-0.15, -0.1) is 0 Å². The maximum atomic E-state index is 12.4. The molecule has 0 saturated heterocycles. The van der Waals surface area contributed by atoms with E-state index in [9.17, 15) is 9.59 Å². The molecule has 0 saturated carbocycles. The van der Waals surface area contributed by atoms with Crippen molar-refractivity contribution in [1.29, 1.82) is 0 Å². The van der Waals surface area contributed by atoms with Gasteiger partial charge in [0.2, 0.25) is 0 Å². The first-order valence-corrected chi connectivity index (χ1v) is 12.8. The van der Waals surface area contributed by atoms with Crippen LogP contribution in [-0.4, -0.2) is 32.9 Å². The van der Waals surface area contributed by atoms with Crippen LogP contribution in [0.25, 0.3) is 12.2 Å². The minimum absolute atomic E-state index is 0.0565. The Morgan fingerprint density at radius 3 is 1.50 bits per heavy atom. The fourth-order valence-corrected chi connectivity index (χ4v) is 4.01. The zero-order chi connectivity index (χ0) is 28.9. The van der Waals surface area contributed by atoms with Crippen molar-refractivity contribution in [2.75, 3.05) is 21.3 Å². The molecule has 0 fully saturated rings. The van der Waals surface area contributed by atoms with Crippen molar-refractivity contribution in [1.82, 2.24) is 0 Å². The number of rotatable bonds is 9. The summed E-state index contributed by atoms with van der Waals surface area (Å²) in [6, 6.07) is 28.5. The topological polar surface area (TPSA) is 61.8 Å². The molecule has 0 unspecified atom stereocenters. The zero-order valence-electron chi connectivity index (χ0n) is 23.5. The van der Waals surface area contributed by atoms with Gasteiger partial charge in [-0.05, 0) is 61.4 Å². The van der Waals surface area contributed by atoms with E-state index in [4.69, 9.17) is 14.2 Å². The van der Waals surface area contributed by atoms with Crippen molar-refractivity contribution >= 4 is 23.7 Å². The molecule has 204 valence electrons. The molecule has 4 rings (SSSR count). The Morgan fingerprint density at radius 2 is 1.00 bits per heavy atom. The Bertz CT molecular complexity index is 1490. The summed E-state index contributed by atoms with van der Waals surface area (Å²) in [4.78, 5) is 24.5. The van der Waals surface area contributed by atoms with Crippen LogP contribution in [0, 0.1) is 13.8 Å². The predicted molar refractivity (Wildman–Crippen MR) is 162 cm³/mol. The van der Waals surface area contributed by atoms with Gasteiger partial charge in [-0.2, -0.15) is 0 Å². The molecule has 0 aliphatic carbocycles. The van der Waals surface area contributed by atoms with Gasteiger partial charge in [0, 0.05) is 0 Å². The lowest BCUT2D eigenvalue weighted by atomic mass is 10.1. The van der Waals surface area contributed by atoms with E-state index < -0.39 is 0 Å². The van der Waals surface area contributed by atoms with Crippen LogP contribution in [0.3, 0.4) is 0 Å². The molecule has 0 aliphatic heterocycles. The minimum atomic E-state index is -0.147. The molecule has 0 heterocycles. The normalized spacial score (nSPS) is 10.6. The van der Waals surface area contributed by atoms with Crippen molar-refractivity contribution in [3.05, 3.63) is 137 Å². The van der Waals surface area contributed by atoms with Crippen molar-refractivity contribution in [2.45, 2.75) is 13.8 Å². The van der Waals surface area contributed by atoms with Crippen molar-refractivity contribution in [3.8, 4) is 17.2 Å². The van der Waals surface area contributed by atoms with Crippen LogP contribution >= 0.6 is 0 Å². The summed E-state index contributed by atoms with van der Waals surface area (Å²) in [6.07, 6.45) is 6.73. The standard InChI is InChI=1S/C18H18O3.C17H16O2/c1-13-6-4-7-14(12-13)10-11-15(19)18-16(20-2)8-5-9-17(18)21-3;1-13-6-5-7-14(12-13)10-11-16(18)15-8-3-4-9-17(15)19-2/h4-12H,1-3H3;3-12H,1-2H3/b2*11-10+. The number of carbonyl (C=O) groups excluding carboxylic acids is 2. The van der Waals surface area contributed by atoms with E-state index in [1.807, 2.05) is 80.6 Å². The second kappa shape index (κ2) is 14.9. The van der Waals surface area contributed by atoms with Gasteiger partial charge in [0.1, 0.15) is 22.8 Å². The zero-order valence-corrected chi connectivity index (χ0v) is 23.5. The minimum Gasteiger partial charge on any atom is -0.496 e. The molecule has 0 aliphatic rings. The third-order valence-electron chi connectivity index (χ3n) is 5.99. The van der Waals surface area contributed by atoms with Gasteiger partial charge in [-0.1, -0.05) is 90.0 Å². The summed E-state index contributed by atoms with van der Waals surface area (Å²) in [5.74, 6) is 1.41. The Morgan fingerprint density at radius 1 is 0.550 bits per heavy atom. The number of benzene rings is 4. The molecule has 4 aromatic rings. The third-order valence-corrected chi connectivity index (χ3v) is 5.99. The average molecular weight is 535 g/mol. The number of para-hydroxylation sites is 1. The van der Waals surface area contributed by atoms with Gasteiger partial charge >= 0.3 is 0 Å². The quantitative estimate of drug-likeness (QED) is 0.162. The molecule has 0 amide bonds. The fraction of sp³-hybridized carbons (Fsp3) is 0.143. The fourth-order valence-electron chi connectivity index (χ4n) is 4.01. The average Bonchev–Trinajstić information content (AvgIpc) is 2.98. The predicted octanol–water partition coefficient (Wildman–Crippen LogP) is 7.81. The lowest BCUT2D eigenvalue weighted by Crippen LogP contribution is -2.02. The van der Waals surface area contributed by atoms with E-state index in [1.165, 1.54) is 25.9 Å². The summed E-state index contributed by atoms with van der Waals surface area (Å²) in [6.45, 7) is 4.04. The maximum Gasteiger partial charge on any atom is 0.193 e. The molecule has 0 aromatic heterocycles. The van der Waals surface area contributed by atoms with E-state index in [0.29, 0.717) is 28.4 Å². The van der Waals surface area contributed by atoms with E-state index in [1.54, 1.807) is 49.6 Å². The Kier molecular flexibility index (Phi) is 11.0. The molecule has 40 heavy (non-hydrogen) atoms. The van der Waals surface area contributed by atoms with Gasteiger partial charge in [-0.25, -0.2) is 0 Å². The highest BCUT2D eigenvalue weighted by Crippen LogP contribution is 2.29. The Labute approximate surface area is 236 Å². The number of ether oxygens (including phenoxy) is 3. The molecule has 5 heteroatoms. The van der Waals surface area contributed by atoms with Crippen LogP contribution < -0.4 is 14.2 Å². The first-order chi connectivity index (χ1) is 19.4. The van der Waals surface area contributed by atoms with E-state index >= 15 is 0 Å². The van der Waals surface area contributed by atoms with Gasteiger partial charge in [-0.3, -0.25) is 9.59 Å². The monoisotopic (exact) mass is 534 g/mol. The van der Waals surface area contributed by atoms with Crippen LogP contribution in [-0.2, 0) is 0 Å². The Balaban J connectivity index is 0.000000222. The summed E-state index contributed by atoms with van der Waals surface area (Å²) in [5.41, 5.74) is 5.34. The molecule has 0 N–H and O–H groups in total. The SMILES string of the molecule is COc1cccc(OC)c1C(=O)/C=C/c1cccc(C)c1.COc1ccccc1C(=O)/C=C/c1cccc(C)c1. The molecular weight excluding hydrogens is 500 g/mol. The van der Waals surface area contributed by atoms with E-state index in [0.717, 1.165) is 16.7 Å². The third kappa shape index (κ3) is 8.30. The Hall–Kier alpha value is -4.90. The van der Waals surface area contributed by atoms with E-state index in [2.05, 4.69) is 0 Å². The molecule has 4 aromatic carbocycles. The molecule has 5 nitrogen and oxygen atoms in total. The highest BCUT2D eigenvalue weighted by atomic mass is 16.5. The number of carbonyl (C=O) groups is 2. The van der Waals surface area contributed by atoms with Gasteiger partial charge in [0.05, 0.1) is 26.9 Å². The first-order valence-electron chi connectivity index (χ1n) is 12.8. The van der Waals surface area contributed by atoms with Crippen LogP contribution in [0.5, 0.6) is 17.2 Å². The number of hydrogen-bond donors (Lipinski definition) is 0. The first kappa shape index (κ1) is 29.7. The van der Waals surface area contributed by atoms with Crippen LogP contribution in [0.4, 0.5) is 0 Å². The molecule has 0 radical (unpaired) electrons. The van der Waals surface area contributed by atoms with Gasteiger partial charge in [0.15, 0.2) is 11.6 Å². The summed E-state index contributed by atoms with van der Waals surface area (Å²) >= 11 is 0. The van der Waals surface area contributed by atoms with Crippen LogP contribution in [0.1, 0.15) is 43.0 Å². The number of hydrogen-bond acceptors (Lipinski definition) is 5. The number of allylic oxidation sites excluding steroid dienone is 2. The largest absolute Gasteiger partial charge is 0.496 e.